The number of thiazole rings is 1. The molecule has 2 N–H and O–H groups in total. The van der Waals surface area contributed by atoms with Gasteiger partial charge in [0.05, 0.1) is 9.48 Å². The van der Waals surface area contributed by atoms with Gasteiger partial charge in [0.25, 0.3) is 0 Å². The van der Waals surface area contributed by atoms with E-state index in [-0.39, 0.29) is 0 Å². The summed E-state index contributed by atoms with van der Waals surface area (Å²) in [4.78, 5) is 4.24. The van der Waals surface area contributed by atoms with Crippen molar-refractivity contribution in [3.05, 3.63) is 32.5 Å². The first kappa shape index (κ1) is 10.1. The summed E-state index contributed by atoms with van der Waals surface area (Å²) in [7, 11) is 0. The Hall–Kier alpha value is -0.390. The van der Waals surface area contributed by atoms with Gasteiger partial charge in [0, 0.05) is 10.0 Å². The molecule has 72 valence electrons. The van der Waals surface area contributed by atoms with E-state index < -0.39 is 0 Å². The Morgan fingerprint density at radius 2 is 1.79 bits per heavy atom. The van der Waals surface area contributed by atoms with Crippen molar-refractivity contribution in [1.29, 1.82) is 0 Å². The van der Waals surface area contributed by atoms with Gasteiger partial charge in [0.1, 0.15) is 0 Å². The first-order valence-electron chi connectivity index (χ1n) is 3.84. The second-order valence-electron chi connectivity index (χ2n) is 2.68. The molecule has 0 spiro atoms. The minimum Gasteiger partial charge on any atom is -0.375 e. The fourth-order valence-electron chi connectivity index (χ4n) is 1.10. The monoisotopic (exact) mass is 332 g/mol. The van der Waals surface area contributed by atoms with E-state index in [0.29, 0.717) is 5.13 Å². The van der Waals surface area contributed by atoms with Crippen molar-refractivity contribution in [2.45, 2.75) is 0 Å². The van der Waals surface area contributed by atoms with Gasteiger partial charge in [0.15, 0.2) is 5.13 Å². The lowest BCUT2D eigenvalue weighted by molar-refractivity contribution is 1.40. The Kier molecular flexibility index (Phi) is 2.90. The van der Waals surface area contributed by atoms with E-state index in [2.05, 4.69) is 36.8 Å². The SMILES string of the molecule is Nc1nc(-c2ccc(Br)cc2)c(Br)s1. The number of hydrogen-bond donors (Lipinski definition) is 1. The van der Waals surface area contributed by atoms with Gasteiger partial charge in [-0.05, 0) is 28.1 Å². The summed E-state index contributed by atoms with van der Waals surface area (Å²) >= 11 is 8.26. The van der Waals surface area contributed by atoms with E-state index in [0.717, 1.165) is 19.5 Å². The van der Waals surface area contributed by atoms with Crippen LogP contribution < -0.4 is 5.73 Å². The van der Waals surface area contributed by atoms with Crippen LogP contribution in [0.5, 0.6) is 0 Å². The molecule has 0 saturated carbocycles. The normalized spacial score (nSPS) is 10.4. The van der Waals surface area contributed by atoms with Crippen LogP contribution in [0.3, 0.4) is 0 Å². The molecule has 0 fully saturated rings. The number of nitrogens with zero attached hydrogens (tertiary/aromatic N) is 1. The van der Waals surface area contributed by atoms with Crippen LogP contribution in [-0.2, 0) is 0 Å². The van der Waals surface area contributed by atoms with E-state index >= 15 is 0 Å². The average Bonchev–Trinajstić information content (AvgIpc) is 2.47. The third-order valence-electron chi connectivity index (χ3n) is 1.72. The van der Waals surface area contributed by atoms with Crippen molar-refractivity contribution in [3.8, 4) is 11.3 Å². The van der Waals surface area contributed by atoms with Gasteiger partial charge in [-0.3, -0.25) is 0 Å². The standard InChI is InChI=1S/C9H6Br2N2S/c10-6-3-1-5(2-4-6)7-8(11)14-9(12)13-7/h1-4H,(H2,12,13). The van der Waals surface area contributed by atoms with Crippen molar-refractivity contribution in [3.63, 3.8) is 0 Å². The molecule has 0 radical (unpaired) electrons. The van der Waals surface area contributed by atoms with Crippen LogP contribution in [0.4, 0.5) is 5.13 Å². The molecule has 2 aromatic rings. The second kappa shape index (κ2) is 4.00. The largest absolute Gasteiger partial charge is 0.375 e. The van der Waals surface area contributed by atoms with E-state index in [1.807, 2.05) is 24.3 Å². The molecule has 1 aromatic carbocycles. The molecule has 0 atom stereocenters. The minimum atomic E-state index is 0.579. The molecule has 0 saturated heterocycles. The number of rotatable bonds is 1. The van der Waals surface area contributed by atoms with Gasteiger partial charge in [-0.25, -0.2) is 4.98 Å². The van der Waals surface area contributed by atoms with Gasteiger partial charge >= 0.3 is 0 Å². The van der Waals surface area contributed by atoms with E-state index in [9.17, 15) is 0 Å². The molecule has 0 bridgehead atoms. The number of nitrogens with two attached hydrogens (primary N) is 1. The Labute approximate surface area is 102 Å². The van der Waals surface area contributed by atoms with Gasteiger partial charge in [-0.15, -0.1) is 0 Å². The van der Waals surface area contributed by atoms with Crippen molar-refractivity contribution < 1.29 is 0 Å². The second-order valence-corrected chi connectivity index (χ2v) is 5.95. The van der Waals surface area contributed by atoms with Crippen LogP contribution in [0.1, 0.15) is 0 Å². The summed E-state index contributed by atoms with van der Waals surface area (Å²) in [5, 5.41) is 0.579. The lowest BCUT2D eigenvalue weighted by Gasteiger charge is -1.97. The molecule has 0 aliphatic carbocycles. The zero-order chi connectivity index (χ0) is 10.1. The molecule has 1 heterocycles. The highest BCUT2D eigenvalue weighted by molar-refractivity contribution is 9.11. The molecular weight excluding hydrogens is 328 g/mol. The highest BCUT2D eigenvalue weighted by Gasteiger charge is 2.08. The van der Waals surface area contributed by atoms with Crippen molar-refractivity contribution in [1.82, 2.24) is 4.98 Å². The van der Waals surface area contributed by atoms with Crippen LogP contribution in [0.2, 0.25) is 0 Å². The van der Waals surface area contributed by atoms with Gasteiger partial charge in [0.2, 0.25) is 0 Å². The maximum atomic E-state index is 5.61. The number of halogens is 2. The summed E-state index contributed by atoms with van der Waals surface area (Å²) in [5.41, 5.74) is 7.58. The summed E-state index contributed by atoms with van der Waals surface area (Å²) in [5.74, 6) is 0. The summed E-state index contributed by atoms with van der Waals surface area (Å²) in [6.45, 7) is 0. The quantitative estimate of drug-likeness (QED) is 0.859. The van der Waals surface area contributed by atoms with E-state index in [1.165, 1.54) is 11.3 Å². The molecule has 2 nitrogen and oxygen atoms in total. The fraction of sp³-hybridized carbons (Fsp3) is 0. The van der Waals surface area contributed by atoms with E-state index in [4.69, 9.17) is 5.73 Å². The van der Waals surface area contributed by atoms with Crippen molar-refractivity contribution >= 4 is 48.3 Å². The van der Waals surface area contributed by atoms with Crippen LogP contribution in [0.15, 0.2) is 32.5 Å². The van der Waals surface area contributed by atoms with Crippen LogP contribution >= 0.6 is 43.2 Å². The van der Waals surface area contributed by atoms with Crippen molar-refractivity contribution in [2.24, 2.45) is 0 Å². The summed E-state index contributed by atoms with van der Waals surface area (Å²) in [6.07, 6.45) is 0. The topological polar surface area (TPSA) is 38.9 Å². The predicted octanol–water partition coefficient (Wildman–Crippen LogP) is 3.92. The Morgan fingerprint density at radius 1 is 1.14 bits per heavy atom. The molecule has 1 aromatic heterocycles. The van der Waals surface area contributed by atoms with Crippen LogP contribution in [0.25, 0.3) is 11.3 Å². The number of hydrogen-bond acceptors (Lipinski definition) is 3. The molecule has 2 rings (SSSR count). The number of benzene rings is 1. The third-order valence-corrected chi connectivity index (χ3v) is 3.78. The molecule has 14 heavy (non-hydrogen) atoms. The Bertz CT molecular complexity index is 450. The molecule has 0 aliphatic heterocycles. The fourth-order valence-corrected chi connectivity index (χ4v) is 2.76. The predicted molar refractivity (Wildman–Crippen MR) is 67.4 cm³/mol. The molecule has 5 heteroatoms. The first-order chi connectivity index (χ1) is 6.66. The Balaban J connectivity index is 2.49. The average molecular weight is 334 g/mol. The van der Waals surface area contributed by atoms with Crippen LogP contribution in [-0.4, -0.2) is 4.98 Å². The zero-order valence-corrected chi connectivity index (χ0v) is 11.0. The smallest absolute Gasteiger partial charge is 0.181 e. The maximum Gasteiger partial charge on any atom is 0.181 e. The van der Waals surface area contributed by atoms with Crippen molar-refractivity contribution in [2.75, 3.05) is 5.73 Å². The van der Waals surface area contributed by atoms with Gasteiger partial charge < -0.3 is 5.73 Å². The highest BCUT2D eigenvalue weighted by Crippen LogP contribution is 2.34. The van der Waals surface area contributed by atoms with Gasteiger partial charge in [-0.1, -0.05) is 39.4 Å². The maximum absolute atomic E-state index is 5.61. The summed E-state index contributed by atoms with van der Waals surface area (Å²) in [6, 6.07) is 7.97. The third kappa shape index (κ3) is 1.99. The first-order valence-corrected chi connectivity index (χ1v) is 6.25. The number of anilines is 1. The lowest BCUT2D eigenvalue weighted by atomic mass is 10.2. The van der Waals surface area contributed by atoms with E-state index in [1.54, 1.807) is 0 Å². The molecular formula is C9H6Br2N2S. The number of nitrogen functional groups attached to an aromatic ring is 1. The zero-order valence-electron chi connectivity index (χ0n) is 7.00. The molecule has 0 amide bonds. The highest BCUT2D eigenvalue weighted by atomic mass is 79.9. The van der Waals surface area contributed by atoms with Gasteiger partial charge in [-0.2, -0.15) is 0 Å². The van der Waals surface area contributed by atoms with Crippen LogP contribution in [0, 0.1) is 0 Å². The molecule has 0 aliphatic rings. The Morgan fingerprint density at radius 3 is 2.29 bits per heavy atom. The number of aromatic nitrogens is 1. The summed E-state index contributed by atoms with van der Waals surface area (Å²) < 4.78 is 2.03. The molecule has 0 unspecified atom stereocenters. The lowest BCUT2D eigenvalue weighted by Crippen LogP contribution is -1.82. The minimum absolute atomic E-state index is 0.579.